The maximum atomic E-state index is 12.0. The first-order chi connectivity index (χ1) is 7.91. The van der Waals surface area contributed by atoms with E-state index in [-0.39, 0.29) is 5.91 Å². The SMILES string of the molecule is Cc1nnsc1CN(C)C(=O)[C@H](N)CC(C)C. The predicted molar refractivity (Wildman–Crippen MR) is 68.6 cm³/mol. The van der Waals surface area contributed by atoms with Crippen LogP contribution in [0.2, 0.25) is 0 Å². The van der Waals surface area contributed by atoms with Gasteiger partial charge >= 0.3 is 0 Å². The van der Waals surface area contributed by atoms with Crippen LogP contribution in [-0.4, -0.2) is 33.5 Å². The molecule has 0 saturated carbocycles. The summed E-state index contributed by atoms with van der Waals surface area (Å²) in [6, 6.07) is -0.416. The highest BCUT2D eigenvalue weighted by molar-refractivity contribution is 7.05. The third-order valence-electron chi connectivity index (χ3n) is 2.54. The molecule has 1 aromatic heterocycles. The van der Waals surface area contributed by atoms with Gasteiger partial charge in [0, 0.05) is 7.05 Å². The zero-order valence-electron chi connectivity index (χ0n) is 10.8. The summed E-state index contributed by atoms with van der Waals surface area (Å²) in [7, 11) is 1.77. The molecule has 96 valence electrons. The van der Waals surface area contributed by atoms with Crippen molar-refractivity contribution in [1.29, 1.82) is 0 Å². The van der Waals surface area contributed by atoms with Crippen molar-refractivity contribution in [2.75, 3.05) is 7.05 Å². The standard InChI is InChI=1S/C11H20N4OS/c1-7(2)5-9(12)11(16)15(4)6-10-8(3)13-14-17-10/h7,9H,5-6,12H2,1-4H3/t9-/m1/s1. The summed E-state index contributed by atoms with van der Waals surface area (Å²) in [4.78, 5) is 14.6. The molecule has 17 heavy (non-hydrogen) atoms. The van der Waals surface area contributed by atoms with Gasteiger partial charge in [0.15, 0.2) is 0 Å². The van der Waals surface area contributed by atoms with Crippen LogP contribution in [0, 0.1) is 12.8 Å². The van der Waals surface area contributed by atoms with Crippen molar-refractivity contribution in [2.24, 2.45) is 11.7 Å². The van der Waals surface area contributed by atoms with Crippen LogP contribution >= 0.6 is 11.5 Å². The predicted octanol–water partition coefficient (Wildman–Crippen LogP) is 1.18. The van der Waals surface area contributed by atoms with Gasteiger partial charge in [0.2, 0.25) is 5.91 Å². The Morgan fingerprint density at radius 3 is 2.65 bits per heavy atom. The largest absolute Gasteiger partial charge is 0.339 e. The first kappa shape index (κ1) is 14.1. The molecule has 0 bridgehead atoms. The van der Waals surface area contributed by atoms with E-state index in [1.807, 2.05) is 6.92 Å². The van der Waals surface area contributed by atoms with Gasteiger partial charge in [0.05, 0.1) is 23.2 Å². The first-order valence-corrected chi connectivity index (χ1v) is 6.47. The van der Waals surface area contributed by atoms with E-state index in [0.717, 1.165) is 10.6 Å². The summed E-state index contributed by atoms with van der Waals surface area (Å²) >= 11 is 1.33. The molecule has 0 spiro atoms. The second-order valence-electron chi connectivity index (χ2n) is 4.71. The smallest absolute Gasteiger partial charge is 0.239 e. The highest BCUT2D eigenvalue weighted by Gasteiger charge is 2.20. The highest BCUT2D eigenvalue weighted by atomic mass is 32.1. The van der Waals surface area contributed by atoms with E-state index in [1.165, 1.54) is 11.5 Å². The van der Waals surface area contributed by atoms with Gasteiger partial charge in [-0.3, -0.25) is 4.79 Å². The molecule has 1 rings (SSSR count). The summed E-state index contributed by atoms with van der Waals surface area (Å²) < 4.78 is 3.85. The number of hydrogen-bond donors (Lipinski definition) is 1. The van der Waals surface area contributed by atoms with Gasteiger partial charge in [0.1, 0.15) is 0 Å². The molecule has 0 aromatic carbocycles. The third kappa shape index (κ3) is 4.05. The molecule has 2 N–H and O–H groups in total. The molecule has 1 heterocycles. The van der Waals surface area contributed by atoms with Crippen LogP contribution in [-0.2, 0) is 11.3 Å². The van der Waals surface area contributed by atoms with Crippen molar-refractivity contribution in [3.05, 3.63) is 10.6 Å². The zero-order chi connectivity index (χ0) is 13.0. The average molecular weight is 256 g/mol. The normalized spacial score (nSPS) is 12.8. The molecule has 0 aliphatic carbocycles. The van der Waals surface area contributed by atoms with Gasteiger partial charge in [-0.05, 0) is 30.8 Å². The molecule has 6 heteroatoms. The van der Waals surface area contributed by atoms with Gasteiger partial charge in [-0.15, -0.1) is 5.10 Å². The Morgan fingerprint density at radius 1 is 1.53 bits per heavy atom. The summed E-state index contributed by atoms with van der Waals surface area (Å²) in [6.45, 7) is 6.55. The third-order valence-corrected chi connectivity index (χ3v) is 3.35. The van der Waals surface area contributed by atoms with E-state index < -0.39 is 6.04 Å². The Balaban J connectivity index is 2.55. The number of hydrogen-bond acceptors (Lipinski definition) is 5. The van der Waals surface area contributed by atoms with Crippen LogP contribution in [0.3, 0.4) is 0 Å². The summed E-state index contributed by atoms with van der Waals surface area (Å²) in [6.07, 6.45) is 0.711. The minimum atomic E-state index is -0.416. The number of aryl methyl sites for hydroxylation is 1. The lowest BCUT2D eigenvalue weighted by Crippen LogP contribution is -2.42. The maximum absolute atomic E-state index is 12.0. The minimum Gasteiger partial charge on any atom is -0.339 e. The molecule has 0 unspecified atom stereocenters. The number of aromatic nitrogens is 2. The van der Waals surface area contributed by atoms with Crippen molar-refractivity contribution in [2.45, 2.75) is 39.8 Å². The molecule has 1 atom stereocenters. The monoisotopic (exact) mass is 256 g/mol. The number of nitrogens with zero attached hydrogens (tertiary/aromatic N) is 3. The number of likely N-dealkylation sites (N-methyl/N-ethyl adjacent to an activating group) is 1. The summed E-state index contributed by atoms with van der Waals surface area (Å²) in [5, 5.41) is 3.92. The van der Waals surface area contributed by atoms with Crippen LogP contribution in [0.25, 0.3) is 0 Å². The van der Waals surface area contributed by atoms with E-state index in [0.29, 0.717) is 18.9 Å². The molecule has 1 aromatic rings. The lowest BCUT2D eigenvalue weighted by molar-refractivity contribution is -0.132. The minimum absolute atomic E-state index is 0.0218. The van der Waals surface area contributed by atoms with E-state index >= 15 is 0 Å². The van der Waals surface area contributed by atoms with Crippen molar-refractivity contribution >= 4 is 17.4 Å². The van der Waals surface area contributed by atoms with Crippen LogP contribution in [0.1, 0.15) is 30.8 Å². The van der Waals surface area contributed by atoms with Crippen molar-refractivity contribution < 1.29 is 4.79 Å². The topological polar surface area (TPSA) is 72.1 Å². The fraction of sp³-hybridized carbons (Fsp3) is 0.727. The lowest BCUT2D eigenvalue weighted by Gasteiger charge is -2.21. The van der Waals surface area contributed by atoms with Gasteiger partial charge in [-0.2, -0.15) is 0 Å². The number of nitrogens with two attached hydrogens (primary N) is 1. The number of rotatable bonds is 5. The Bertz CT molecular complexity index is 377. The maximum Gasteiger partial charge on any atom is 0.239 e. The Labute approximate surface area is 106 Å². The molecule has 0 fully saturated rings. The Morgan fingerprint density at radius 2 is 2.18 bits per heavy atom. The van der Waals surface area contributed by atoms with Gasteiger partial charge in [0.25, 0.3) is 0 Å². The van der Waals surface area contributed by atoms with E-state index in [1.54, 1.807) is 11.9 Å². The molecular weight excluding hydrogens is 236 g/mol. The van der Waals surface area contributed by atoms with Crippen molar-refractivity contribution in [1.82, 2.24) is 14.5 Å². The van der Waals surface area contributed by atoms with Crippen LogP contribution < -0.4 is 5.73 Å². The van der Waals surface area contributed by atoms with E-state index in [9.17, 15) is 4.79 Å². The van der Waals surface area contributed by atoms with Gasteiger partial charge < -0.3 is 10.6 Å². The first-order valence-electron chi connectivity index (χ1n) is 5.70. The Hall–Kier alpha value is -1.01. The Kier molecular flexibility index (Phi) is 5.02. The van der Waals surface area contributed by atoms with Crippen LogP contribution in [0.4, 0.5) is 0 Å². The number of carbonyl (C=O) groups is 1. The summed E-state index contributed by atoms with van der Waals surface area (Å²) in [5.41, 5.74) is 6.75. The fourth-order valence-corrected chi connectivity index (χ4v) is 2.27. The molecule has 5 nitrogen and oxygen atoms in total. The zero-order valence-corrected chi connectivity index (χ0v) is 11.6. The van der Waals surface area contributed by atoms with Crippen molar-refractivity contribution in [3.63, 3.8) is 0 Å². The van der Waals surface area contributed by atoms with Crippen LogP contribution in [0.5, 0.6) is 0 Å². The quantitative estimate of drug-likeness (QED) is 0.858. The molecule has 0 saturated heterocycles. The highest BCUT2D eigenvalue weighted by Crippen LogP contribution is 2.13. The second kappa shape index (κ2) is 6.07. The second-order valence-corrected chi connectivity index (χ2v) is 5.55. The van der Waals surface area contributed by atoms with Gasteiger partial charge in [-0.25, -0.2) is 0 Å². The van der Waals surface area contributed by atoms with E-state index in [2.05, 4.69) is 23.4 Å². The molecule has 1 amide bonds. The fourth-order valence-electron chi connectivity index (χ4n) is 1.58. The number of amides is 1. The van der Waals surface area contributed by atoms with E-state index in [4.69, 9.17) is 5.73 Å². The molecule has 0 aliphatic heterocycles. The molecule has 0 aliphatic rings. The molecule has 0 radical (unpaired) electrons. The van der Waals surface area contributed by atoms with Crippen molar-refractivity contribution in [3.8, 4) is 0 Å². The van der Waals surface area contributed by atoms with Gasteiger partial charge in [-0.1, -0.05) is 18.3 Å². The van der Waals surface area contributed by atoms with Crippen LogP contribution in [0.15, 0.2) is 0 Å². The number of carbonyl (C=O) groups excluding carboxylic acids is 1. The lowest BCUT2D eigenvalue weighted by atomic mass is 10.0. The summed E-state index contributed by atoms with van der Waals surface area (Å²) in [5.74, 6) is 0.403. The molecular formula is C11H20N4OS. The average Bonchev–Trinajstić information content (AvgIpc) is 2.62.